The third kappa shape index (κ3) is 6.41. The van der Waals surface area contributed by atoms with Crippen LogP contribution in [-0.4, -0.2) is 45.0 Å². The Labute approximate surface area is 179 Å². The molecule has 11 heteroatoms. The largest absolute Gasteiger partial charge is 0.497 e. The number of halogens is 1. The maximum absolute atomic E-state index is 12.6. The maximum atomic E-state index is 12.6. The zero-order chi connectivity index (χ0) is 22.3. The molecule has 0 saturated carbocycles. The topological polar surface area (TPSA) is 124 Å². The van der Waals surface area contributed by atoms with Crippen LogP contribution >= 0.6 is 11.6 Å². The van der Waals surface area contributed by atoms with Gasteiger partial charge in [0.25, 0.3) is 5.91 Å². The van der Waals surface area contributed by atoms with E-state index in [1.807, 2.05) is 0 Å². The van der Waals surface area contributed by atoms with E-state index in [-0.39, 0.29) is 15.7 Å². The predicted octanol–water partition coefficient (Wildman–Crippen LogP) is 2.23. The minimum atomic E-state index is -4.00. The summed E-state index contributed by atoms with van der Waals surface area (Å²) in [5, 5.41) is 2.54. The molecule has 0 aliphatic rings. The van der Waals surface area contributed by atoms with Gasteiger partial charge in [-0.05, 0) is 42.3 Å². The molecule has 0 spiro atoms. The Balaban J connectivity index is 2.01. The molecule has 0 radical (unpaired) electrons. The second kappa shape index (κ2) is 10.4. The Morgan fingerprint density at radius 1 is 1.17 bits per heavy atom. The number of sulfonamides is 1. The average molecular weight is 456 g/mol. The summed E-state index contributed by atoms with van der Waals surface area (Å²) in [5.41, 5.74) is 0.265. The zero-order valence-corrected chi connectivity index (χ0v) is 18.2. The number of anilines is 1. The summed E-state index contributed by atoms with van der Waals surface area (Å²) in [6, 6.07) is 7.62. The summed E-state index contributed by atoms with van der Waals surface area (Å²) in [5.74, 6) is -1.46. The van der Waals surface area contributed by atoms with Gasteiger partial charge in [0.15, 0.2) is 11.8 Å². The highest BCUT2D eigenvalue weighted by molar-refractivity contribution is 7.89. The molecule has 0 unspecified atom stereocenters. The van der Waals surface area contributed by atoms with E-state index in [4.69, 9.17) is 21.1 Å². The highest BCUT2D eigenvalue weighted by Crippen LogP contribution is 2.18. The van der Waals surface area contributed by atoms with Crippen LogP contribution in [0.5, 0.6) is 5.75 Å². The summed E-state index contributed by atoms with van der Waals surface area (Å²) in [6.45, 7) is 2.69. The molecule has 9 nitrogen and oxygen atoms in total. The van der Waals surface area contributed by atoms with Gasteiger partial charge in [0.1, 0.15) is 11.8 Å². The van der Waals surface area contributed by atoms with Crippen molar-refractivity contribution in [3.8, 4) is 5.75 Å². The van der Waals surface area contributed by atoms with Crippen LogP contribution in [-0.2, 0) is 24.3 Å². The van der Waals surface area contributed by atoms with E-state index < -0.39 is 40.5 Å². The summed E-state index contributed by atoms with van der Waals surface area (Å²) in [4.78, 5) is 28.2. The highest BCUT2D eigenvalue weighted by atomic mass is 35.5. The molecule has 2 rings (SSSR count). The van der Waals surface area contributed by atoms with Crippen molar-refractivity contribution in [2.75, 3.05) is 19.0 Å². The molecule has 30 heavy (non-hydrogen) atoms. The predicted molar refractivity (Wildman–Crippen MR) is 111 cm³/mol. The number of esters is 1. The smallest absolute Gasteiger partial charge is 0.324 e. The first kappa shape index (κ1) is 23.6. The number of pyridine rings is 1. The summed E-state index contributed by atoms with van der Waals surface area (Å²) in [6.07, 6.45) is 1.46. The van der Waals surface area contributed by atoms with Crippen LogP contribution < -0.4 is 14.8 Å². The Hall–Kier alpha value is -2.69. The number of ether oxygens (including phenoxy) is 2. The van der Waals surface area contributed by atoms with E-state index in [2.05, 4.69) is 15.0 Å². The number of nitrogens with one attached hydrogen (secondary N) is 2. The van der Waals surface area contributed by atoms with Gasteiger partial charge >= 0.3 is 5.97 Å². The molecule has 0 fully saturated rings. The van der Waals surface area contributed by atoms with E-state index in [9.17, 15) is 18.0 Å². The lowest BCUT2D eigenvalue weighted by atomic mass is 10.1. The fourth-order valence-electron chi connectivity index (χ4n) is 2.34. The molecule has 1 aromatic carbocycles. The van der Waals surface area contributed by atoms with Crippen molar-refractivity contribution >= 4 is 39.2 Å². The van der Waals surface area contributed by atoms with Gasteiger partial charge in [0.05, 0.1) is 17.7 Å². The minimum Gasteiger partial charge on any atom is -0.497 e. The molecule has 2 N–H and O–H groups in total. The Bertz CT molecular complexity index is 996. The van der Waals surface area contributed by atoms with E-state index in [0.717, 1.165) is 0 Å². The molecular formula is C19H22ClN3O6S. The maximum Gasteiger partial charge on any atom is 0.324 e. The van der Waals surface area contributed by atoms with Gasteiger partial charge in [-0.15, -0.1) is 0 Å². The lowest BCUT2D eigenvalue weighted by Crippen LogP contribution is -2.45. The molecular weight excluding hydrogens is 434 g/mol. The Morgan fingerprint density at radius 2 is 1.83 bits per heavy atom. The zero-order valence-electron chi connectivity index (χ0n) is 16.6. The molecule has 1 atom stereocenters. The van der Waals surface area contributed by atoms with Crippen LogP contribution in [0.25, 0.3) is 0 Å². The first-order valence-corrected chi connectivity index (χ1v) is 10.7. The summed E-state index contributed by atoms with van der Waals surface area (Å²) < 4.78 is 37.5. The summed E-state index contributed by atoms with van der Waals surface area (Å²) in [7, 11) is -2.54. The van der Waals surface area contributed by atoms with Crippen molar-refractivity contribution < 1.29 is 27.5 Å². The van der Waals surface area contributed by atoms with Gasteiger partial charge in [0, 0.05) is 6.20 Å². The van der Waals surface area contributed by atoms with Crippen molar-refractivity contribution in [1.29, 1.82) is 0 Å². The number of hydrogen-bond acceptors (Lipinski definition) is 7. The summed E-state index contributed by atoms with van der Waals surface area (Å²) >= 11 is 5.85. The van der Waals surface area contributed by atoms with Crippen LogP contribution in [0.2, 0.25) is 5.15 Å². The number of amides is 1. The quantitative estimate of drug-likeness (QED) is 0.439. The first-order chi connectivity index (χ1) is 14.1. The number of rotatable bonds is 9. The normalized spacial score (nSPS) is 12.3. The number of benzene rings is 1. The van der Waals surface area contributed by atoms with Crippen LogP contribution in [0.4, 0.5) is 5.69 Å². The average Bonchev–Trinajstić information content (AvgIpc) is 2.72. The van der Waals surface area contributed by atoms with E-state index in [0.29, 0.717) is 5.75 Å². The van der Waals surface area contributed by atoms with E-state index in [1.54, 1.807) is 19.9 Å². The third-order valence-electron chi connectivity index (χ3n) is 3.95. The molecule has 1 heterocycles. The number of nitrogens with zero attached hydrogens (tertiary/aromatic N) is 1. The van der Waals surface area contributed by atoms with E-state index >= 15 is 0 Å². The van der Waals surface area contributed by atoms with Gasteiger partial charge in [-0.25, -0.2) is 13.4 Å². The van der Waals surface area contributed by atoms with Crippen LogP contribution in [0, 0.1) is 5.92 Å². The molecule has 0 bridgehead atoms. The lowest BCUT2D eigenvalue weighted by Gasteiger charge is -2.20. The highest BCUT2D eigenvalue weighted by Gasteiger charge is 2.30. The lowest BCUT2D eigenvalue weighted by molar-refractivity contribution is -0.150. The molecule has 2 aromatic rings. The Kier molecular flexibility index (Phi) is 8.16. The molecule has 0 saturated heterocycles. The monoisotopic (exact) mass is 455 g/mol. The van der Waals surface area contributed by atoms with Crippen LogP contribution in [0.1, 0.15) is 13.8 Å². The van der Waals surface area contributed by atoms with Crippen molar-refractivity contribution in [3.05, 3.63) is 47.7 Å². The molecule has 0 aliphatic carbocycles. The minimum absolute atomic E-state index is 0.0364. The Morgan fingerprint density at radius 3 is 2.40 bits per heavy atom. The van der Waals surface area contributed by atoms with Crippen molar-refractivity contribution in [1.82, 2.24) is 9.71 Å². The fraction of sp³-hybridized carbons (Fsp3) is 0.316. The number of aromatic nitrogens is 1. The van der Waals surface area contributed by atoms with Crippen molar-refractivity contribution in [2.45, 2.75) is 24.8 Å². The van der Waals surface area contributed by atoms with Gasteiger partial charge in [-0.3, -0.25) is 9.59 Å². The second-order valence-electron chi connectivity index (χ2n) is 6.52. The molecule has 0 aliphatic heterocycles. The first-order valence-electron chi connectivity index (χ1n) is 8.87. The van der Waals surface area contributed by atoms with Crippen LogP contribution in [0.15, 0.2) is 47.5 Å². The number of carbonyl (C=O) groups is 2. The molecule has 1 aromatic heterocycles. The van der Waals surface area contributed by atoms with Gasteiger partial charge in [0.2, 0.25) is 10.0 Å². The fourth-order valence-corrected chi connectivity index (χ4v) is 3.84. The molecule has 1 amide bonds. The van der Waals surface area contributed by atoms with Crippen molar-refractivity contribution in [2.24, 2.45) is 5.92 Å². The van der Waals surface area contributed by atoms with Gasteiger partial charge in [-0.1, -0.05) is 25.4 Å². The molecule has 162 valence electrons. The number of methoxy groups -OCH3 is 1. The second-order valence-corrected chi connectivity index (χ2v) is 8.59. The van der Waals surface area contributed by atoms with E-state index in [1.165, 1.54) is 43.6 Å². The number of carbonyl (C=O) groups excluding carboxylic acids is 2. The SMILES string of the molecule is COc1ccc(S(=O)(=O)N[C@H](C(=O)OCC(=O)Nc2cccnc2Cl)C(C)C)cc1. The van der Waals surface area contributed by atoms with Gasteiger partial charge in [-0.2, -0.15) is 4.72 Å². The number of hydrogen-bond donors (Lipinski definition) is 2. The van der Waals surface area contributed by atoms with Gasteiger partial charge < -0.3 is 14.8 Å². The third-order valence-corrected chi connectivity index (χ3v) is 5.71. The van der Waals surface area contributed by atoms with Crippen molar-refractivity contribution in [3.63, 3.8) is 0 Å². The van der Waals surface area contributed by atoms with Crippen LogP contribution in [0.3, 0.4) is 0 Å². The standard InChI is InChI=1S/C19H22ClN3O6S/c1-12(2)17(23-30(26,27)14-8-6-13(28-3)7-9-14)19(25)29-11-16(24)22-15-5-4-10-21-18(15)20/h4-10,12,17,23H,11H2,1-3H3,(H,22,24)/t17-/m0/s1.